The standard InChI is InChI=1S/C7H14O/c1-3-4-5-7-6(2)8-7/h6-7H,3-5H2,1-2H3/t6-,7?/m0/s1. The first-order valence-electron chi connectivity index (χ1n) is 3.50. The molecule has 0 saturated carbocycles. The molecule has 1 unspecified atom stereocenters. The third-order valence-electron chi connectivity index (χ3n) is 1.68. The van der Waals surface area contributed by atoms with Gasteiger partial charge in [0.2, 0.25) is 0 Å². The molecule has 0 N–H and O–H groups in total. The van der Waals surface area contributed by atoms with Crippen molar-refractivity contribution in [3.05, 3.63) is 0 Å². The van der Waals surface area contributed by atoms with Crippen LogP contribution in [0, 0.1) is 0 Å². The molecule has 8 heavy (non-hydrogen) atoms. The molecule has 0 aromatic carbocycles. The van der Waals surface area contributed by atoms with Gasteiger partial charge in [-0.05, 0) is 13.3 Å². The highest BCUT2D eigenvalue weighted by Gasteiger charge is 2.32. The topological polar surface area (TPSA) is 12.5 Å². The van der Waals surface area contributed by atoms with Crippen molar-refractivity contribution in [2.75, 3.05) is 0 Å². The highest BCUT2D eigenvalue weighted by Crippen LogP contribution is 2.25. The van der Waals surface area contributed by atoms with E-state index in [1.54, 1.807) is 0 Å². The molecule has 1 rings (SSSR count). The molecular formula is C7H14O. The number of unbranched alkanes of at least 4 members (excludes halogenated alkanes) is 1. The second kappa shape index (κ2) is 2.49. The summed E-state index contributed by atoms with van der Waals surface area (Å²) in [6, 6.07) is 0. The summed E-state index contributed by atoms with van der Waals surface area (Å²) in [5.41, 5.74) is 0. The third-order valence-corrected chi connectivity index (χ3v) is 1.68. The number of epoxide rings is 1. The first kappa shape index (κ1) is 6.09. The smallest absolute Gasteiger partial charge is 0.0839 e. The monoisotopic (exact) mass is 114 g/mol. The summed E-state index contributed by atoms with van der Waals surface area (Å²) >= 11 is 0. The number of hydrogen-bond acceptors (Lipinski definition) is 1. The van der Waals surface area contributed by atoms with Crippen molar-refractivity contribution in [3.63, 3.8) is 0 Å². The Morgan fingerprint density at radius 3 is 2.50 bits per heavy atom. The Bertz CT molecular complexity index is 70.8. The van der Waals surface area contributed by atoms with Crippen molar-refractivity contribution >= 4 is 0 Å². The molecular weight excluding hydrogens is 100 g/mol. The average Bonchev–Trinajstić information content (AvgIpc) is 2.42. The fourth-order valence-electron chi connectivity index (χ4n) is 0.938. The SMILES string of the molecule is CCCCC1O[C@H]1C. The van der Waals surface area contributed by atoms with Gasteiger partial charge >= 0.3 is 0 Å². The first-order chi connectivity index (χ1) is 3.84. The fourth-order valence-corrected chi connectivity index (χ4v) is 0.938. The van der Waals surface area contributed by atoms with Crippen LogP contribution in [0.4, 0.5) is 0 Å². The van der Waals surface area contributed by atoms with Crippen LogP contribution in [0.2, 0.25) is 0 Å². The molecule has 1 aliphatic rings. The van der Waals surface area contributed by atoms with E-state index in [-0.39, 0.29) is 0 Å². The fraction of sp³-hybridized carbons (Fsp3) is 1.00. The minimum atomic E-state index is 0.571. The maximum atomic E-state index is 5.22. The maximum Gasteiger partial charge on any atom is 0.0839 e. The van der Waals surface area contributed by atoms with Gasteiger partial charge < -0.3 is 4.74 Å². The zero-order valence-corrected chi connectivity index (χ0v) is 5.68. The number of ether oxygens (including phenoxy) is 1. The quantitative estimate of drug-likeness (QED) is 0.511. The minimum absolute atomic E-state index is 0.571. The summed E-state index contributed by atoms with van der Waals surface area (Å²) in [4.78, 5) is 0. The Morgan fingerprint density at radius 1 is 1.50 bits per heavy atom. The van der Waals surface area contributed by atoms with Crippen LogP contribution >= 0.6 is 0 Å². The van der Waals surface area contributed by atoms with Crippen LogP contribution in [-0.4, -0.2) is 12.2 Å². The van der Waals surface area contributed by atoms with E-state index in [0.29, 0.717) is 12.2 Å². The highest BCUT2D eigenvalue weighted by atomic mass is 16.6. The number of hydrogen-bond donors (Lipinski definition) is 0. The normalized spacial score (nSPS) is 35.2. The summed E-state index contributed by atoms with van der Waals surface area (Å²) in [6.45, 7) is 4.35. The predicted octanol–water partition coefficient (Wildman–Crippen LogP) is 1.96. The van der Waals surface area contributed by atoms with Crippen molar-refractivity contribution in [2.24, 2.45) is 0 Å². The lowest BCUT2D eigenvalue weighted by Crippen LogP contribution is -1.87. The van der Waals surface area contributed by atoms with E-state index in [1.807, 2.05) is 0 Å². The average molecular weight is 114 g/mol. The highest BCUT2D eigenvalue weighted by molar-refractivity contribution is 4.79. The van der Waals surface area contributed by atoms with E-state index in [2.05, 4.69) is 13.8 Å². The molecule has 0 aromatic rings. The van der Waals surface area contributed by atoms with Crippen LogP contribution < -0.4 is 0 Å². The molecule has 48 valence electrons. The molecule has 0 aliphatic carbocycles. The molecule has 1 heterocycles. The van der Waals surface area contributed by atoms with Gasteiger partial charge in [0.15, 0.2) is 0 Å². The van der Waals surface area contributed by atoms with Gasteiger partial charge in [-0.15, -0.1) is 0 Å². The van der Waals surface area contributed by atoms with Gasteiger partial charge in [-0.2, -0.15) is 0 Å². The zero-order valence-electron chi connectivity index (χ0n) is 5.68. The molecule has 0 aromatic heterocycles. The Kier molecular flexibility index (Phi) is 1.90. The number of rotatable bonds is 3. The van der Waals surface area contributed by atoms with Crippen LogP contribution in [0.15, 0.2) is 0 Å². The summed E-state index contributed by atoms with van der Waals surface area (Å²) in [6.07, 6.45) is 5.09. The van der Waals surface area contributed by atoms with E-state index < -0.39 is 0 Å². The van der Waals surface area contributed by atoms with Gasteiger partial charge in [0.25, 0.3) is 0 Å². The Labute approximate surface area is 51.0 Å². The van der Waals surface area contributed by atoms with Crippen LogP contribution in [0.3, 0.4) is 0 Å². The van der Waals surface area contributed by atoms with Crippen molar-refractivity contribution in [1.82, 2.24) is 0 Å². The summed E-state index contributed by atoms with van der Waals surface area (Å²) < 4.78 is 5.22. The predicted molar refractivity (Wildman–Crippen MR) is 33.9 cm³/mol. The molecule has 1 fully saturated rings. The van der Waals surface area contributed by atoms with Gasteiger partial charge in [0.05, 0.1) is 12.2 Å². The Balaban J connectivity index is 1.89. The van der Waals surface area contributed by atoms with E-state index >= 15 is 0 Å². The van der Waals surface area contributed by atoms with Crippen LogP contribution in [0.1, 0.15) is 33.1 Å². The van der Waals surface area contributed by atoms with Gasteiger partial charge in [-0.25, -0.2) is 0 Å². The maximum absolute atomic E-state index is 5.22. The summed E-state index contributed by atoms with van der Waals surface area (Å²) in [5, 5.41) is 0. The lowest BCUT2D eigenvalue weighted by Gasteiger charge is -1.87. The van der Waals surface area contributed by atoms with Gasteiger partial charge in [-0.3, -0.25) is 0 Å². The van der Waals surface area contributed by atoms with Crippen molar-refractivity contribution in [1.29, 1.82) is 0 Å². The molecule has 0 bridgehead atoms. The second-order valence-electron chi connectivity index (χ2n) is 2.52. The van der Waals surface area contributed by atoms with Crippen LogP contribution in [-0.2, 0) is 4.74 Å². The van der Waals surface area contributed by atoms with Crippen LogP contribution in [0.25, 0.3) is 0 Å². The molecule has 1 saturated heterocycles. The zero-order chi connectivity index (χ0) is 5.98. The Morgan fingerprint density at radius 2 is 2.12 bits per heavy atom. The van der Waals surface area contributed by atoms with E-state index in [0.717, 1.165) is 0 Å². The van der Waals surface area contributed by atoms with Gasteiger partial charge in [-0.1, -0.05) is 19.8 Å². The van der Waals surface area contributed by atoms with Crippen molar-refractivity contribution in [2.45, 2.75) is 45.3 Å². The molecule has 0 radical (unpaired) electrons. The van der Waals surface area contributed by atoms with E-state index in [1.165, 1.54) is 19.3 Å². The lowest BCUT2D eigenvalue weighted by atomic mass is 10.2. The summed E-state index contributed by atoms with van der Waals surface area (Å²) in [7, 11) is 0. The van der Waals surface area contributed by atoms with E-state index in [9.17, 15) is 0 Å². The van der Waals surface area contributed by atoms with Gasteiger partial charge in [0.1, 0.15) is 0 Å². The molecule has 1 nitrogen and oxygen atoms in total. The molecule has 0 spiro atoms. The summed E-state index contributed by atoms with van der Waals surface area (Å²) in [5.74, 6) is 0. The molecule has 0 amide bonds. The van der Waals surface area contributed by atoms with E-state index in [4.69, 9.17) is 4.74 Å². The van der Waals surface area contributed by atoms with Crippen LogP contribution in [0.5, 0.6) is 0 Å². The Hall–Kier alpha value is -0.0400. The molecule has 1 heteroatoms. The minimum Gasteiger partial charge on any atom is -0.370 e. The lowest BCUT2D eigenvalue weighted by molar-refractivity contribution is 0.366. The largest absolute Gasteiger partial charge is 0.370 e. The third kappa shape index (κ3) is 1.48. The second-order valence-corrected chi connectivity index (χ2v) is 2.52. The van der Waals surface area contributed by atoms with Gasteiger partial charge in [0, 0.05) is 0 Å². The molecule has 1 aliphatic heterocycles. The van der Waals surface area contributed by atoms with Crippen molar-refractivity contribution in [3.8, 4) is 0 Å². The van der Waals surface area contributed by atoms with Crippen molar-refractivity contribution < 1.29 is 4.74 Å². The first-order valence-corrected chi connectivity index (χ1v) is 3.50. The molecule has 2 atom stereocenters.